The second-order valence-corrected chi connectivity index (χ2v) is 5.75. The molecule has 2 atom stereocenters. The smallest absolute Gasteiger partial charge is 0.224 e. The van der Waals surface area contributed by atoms with E-state index in [2.05, 4.69) is 54.5 Å². The van der Waals surface area contributed by atoms with Crippen LogP contribution < -0.4 is 5.32 Å². The van der Waals surface area contributed by atoms with Crippen molar-refractivity contribution in [2.75, 3.05) is 0 Å². The Hall–Kier alpha value is -1.65. The number of carbonyl (C=O) groups excluding carboxylic acids is 1. The van der Waals surface area contributed by atoms with Crippen LogP contribution in [0.2, 0.25) is 0 Å². The largest absolute Gasteiger partial charge is 0.350 e. The first-order chi connectivity index (χ1) is 8.43. The van der Waals surface area contributed by atoms with Crippen molar-refractivity contribution in [2.24, 2.45) is 17.3 Å². The van der Waals surface area contributed by atoms with Gasteiger partial charge in [-0.25, -0.2) is 0 Å². The van der Waals surface area contributed by atoms with Gasteiger partial charge < -0.3 is 5.32 Å². The number of aromatic amines is 1. The van der Waals surface area contributed by atoms with E-state index in [0.717, 1.165) is 5.69 Å². The Labute approximate surface area is 107 Å². The molecule has 0 bridgehead atoms. The van der Waals surface area contributed by atoms with Gasteiger partial charge in [-0.2, -0.15) is 15.4 Å². The number of amides is 1. The molecule has 0 aromatic carbocycles. The Morgan fingerprint density at radius 1 is 1.56 bits per heavy atom. The van der Waals surface area contributed by atoms with Crippen LogP contribution in [0.25, 0.3) is 0 Å². The van der Waals surface area contributed by atoms with Crippen molar-refractivity contribution in [2.45, 2.75) is 34.2 Å². The molecule has 2 N–H and O–H groups in total. The standard InChI is InChI=1S/C13H20N4O/c1-8(2)5-10-11(13(10,3)4)12(18)14-6-9-7-15-17-16-9/h5,7,10-11H,6H2,1-4H3,(H,14,18)(H,15,16,17)/t10-,11+/m0/s1. The molecule has 0 spiro atoms. The van der Waals surface area contributed by atoms with E-state index in [0.29, 0.717) is 12.5 Å². The Kier molecular flexibility index (Phi) is 3.24. The highest BCUT2D eigenvalue weighted by atomic mass is 16.2. The second kappa shape index (κ2) is 4.55. The zero-order chi connectivity index (χ0) is 13.3. The molecule has 18 heavy (non-hydrogen) atoms. The molecule has 1 aliphatic carbocycles. The summed E-state index contributed by atoms with van der Waals surface area (Å²) >= 11 is 0. The second-order valence-electron chi connectivity index (χ2n) is 5.75. The van der Waals surface area contributed by atoms with Gasteiger partial charge in [-0.05, 0) is 25.2 Å². The lowest BCUT2D eigenvalue weighted by Gasteiger charge is -2.03. The molecule has 1 aliphatic rings. The third-order valence-electron chi connectivity index (χ3n) is 3.61. The Balaban J connectivity index is 1.92. The van der Waals surface area contributed by atoms with Crippen LogP contribution in [-0.4, -0.2) is 21.3 Å². The lowest BCUT2D eigenvalue weighted by Crippen LogP contribution is -2.26. The summed E-state index contributed by atoms with van der Waals surface area (Å²) in [6.45, 7) is 8.84. The van der Waals surface area contributed by atoms with Crippen LogP contribution in [0.3, 0.4) is 0 Å². The van der Waals surface area contributed by atoms with E-state index in [1.54, 1.807) is 6.20 Å². The first-order valence-corrected chi connectivity index (χ1v) is 6.20. The number of nitrogens with zero attached hydrogens (tertiary/aromatic N) is 2. The zero-order valence-electron chi connectivity index (χ0n) is 11.3. The van der Waals surface area contributed by atoms with E-state index in [-0.39, 0.29) is 17.2 Å². The van der Waals surface area contributed by atoms with E-state index in [4.69, 9.17) is 0 Å². The average molecular weight is 248 g/mol. The average Bonchev–Trinajstić information content (AvgIpc) is 2.70. The minimum absolute atomic E-state index is 0.0607. The molecule has 0 saturated heterocycles. The summed E-state index contributed by atoms with van der Waals surface area (Å²) in [5.74, 6) is 0.518. The third kappa shape index (κ3) is 2.44. The van der Waals surface area contributed by atoms with Gasteiger partial charge in [0.05, 0.1) is 18.7 Å². The number of hydrogen-bond donors (Lipinski definition) is 2. The van der Waals surface area contributed by atoms with Gasteiger partial charge in [-0.1, -0.05) is 25.5 Å². The minimum atomic E-state index is 0.0607. The molecular weight excluding hydrogens is 228 g/mol. The normalized spacial score (nSPS) is 24.4. The quantitative estimate of drug-likeness (QED) is 0.796. The molecular formula is C13H20N4O. The lowest BCUT2D eigenvalue weighted by molar-refractivity contribution is -0.123. The van der Waals surface area contributed by atoms with Gasteiger partial charge in [0.2, 0.25) is 5.91 Å². The molecule has 98 valence electrons. The fraction of sp³-hybridized carbons (Fsp3) is 0.615. The van der Waals surface area contributed by atoms with Crippen molar-refractivity contribution in [3.05, 3.63) is 23.5 Å². The Bertz CT molecular complexity index is 457. The van der Waals surface area contributed by atoms with Gasteiger partial charge in [0.15, 0.2) is 0 Å². The lowest BCUT2D eigenvalue weighted by atomic mass is 10.1. The summed E-state index contributed by atoms with van der Waals surface area (Å²) < 4.78 is 0. The van der Waals surface area contributed by atoms with Crippen molar-refractivity contribution in [3.63, 3.8) is 0 Å². The molecule has 1 saturated carbocycles. The number of rotatable bonds is 4. The number of H-pyrrole nitrogens is 1. The van der Waals surface area contributed by atoms with Crippen LogP contribution in [0, 0.1) is 17.3 Å². The number of carbonyl (C=O) groups is 1. The van der Waals surface area contributed by atoms with Gasteiger partial charge in [-0.3, -0.25) is 4.79 Å². The molecule has 1 fully saturated rings. The summed E-state index contributed by atoms with van der Waals surface area (Å²) in [6, 6.07) is 0. The molecule has 5 nitrogen and oxygen atoms in total. The van der Waals surface area contributed by atoms with Crippen LogP contribution in [0.4, 0.5) is 0 Å². The minimum Gasteiger partial charge on any atom is -0.350 e. The van der Waals surface area contributed by atoms with Gasteiger partial charge in [0.1, 0.15) is 5.69 Å². The predicted octanol–water partition coefficient (Wildman–Crippen LogP) is 1.66. The maximum atomic E-state index is 12.1. The Morgan fingerprint density at radius 2 is 2.28 bits per heavy atom. The van der Waals surface area contributed by atoms with E-state index in [9.17, 15) is 4.79 Å². The molecule has 1 heterocycles. The highest BCUT2D eigenvalue weighted by Crippen LogP contribution is 2.59. The van der Waals surface area contributed by atoms with Gasteiger partial charge in [0.25, 0.3) is 0 Å². The van der Waals surface area contributed by atoms with E-state index < -0.39 is 0 Å². The fourth-order valence-corrected chi connectivity index (χ4v) is 2.45. The maximum absolute atomic E-state index is 12.1. The fourth-order valence-electron chi connectivity index (χ4n) is 2.45. The monoisotopic (exact) mass is 248 g/mol. The highest BCUT2D eigenvalue weighted by molar-refractivity contribution is 5.83. The van der Waals surface area contributed by atoms with Crippen molar-refractivity contribution < 1.29 is 4.79 Å². The number of hydrogen-bond acceptors (Lipinski definition) is 3. The summed E-state index contributed by atoms with van der Waals surface area (Å²) in [5, 5.41) is 13.1. The third-order valence-corrected chi connectivity index (χ3v) is 3.61. The van der Waals surface area contributed by atoms with E-state index in [1.807, 2.05) is 0 Å². The maximum Gasteiger partial charge on any atom is 0.224 e. The topological polar surface area (TPSA) is 70.7 Å². The molecule has 2 rings (SSSR count). The number of aromatic nitrogens is 3. The van der Waals surface area contributed by atoms with Gasteiger partial charge in [0, 0.05) is 0 Å². The van der Waals surface area contributed by atoms with Crippen molar-refractivity contribution >= 4 is 5.91 Å². The SMILES string of the molecule is CC(C)=C[C@H]1[C@H](C(=O)NCc2cn[nH]n2)C1(C)C. The molecule has 1 aromatic heterocycles. The van der Waals surface area contributed by atoms with Crippen LogP contribution in [0.5, 0.6) is 0 Å². The molecule has 1 amide bonds. The van der Waals surface area contributed by atoms with Crippen molar-refractivity contribution in [1.82, 2.24) is 20.7 Å². The number of allylic oxidation sites excluding steroid dienone is 2. The summed E-state index contributed by atoms with van der Waals surface area (Å²) in [4.78, 5) is 12.1. The predicted molar refractivity (Wildman–Crippen MR) is 68.4 cm³/mol. The van der Waals surface area contributed by atoms with Crippen molar-refractivity contribution in [3.8, 4) is 0 Å². The molecule has 1 aromatic rings. The summed E-state index contributed by atoms with van der Waals surface area (Å²) in [6.07, 6.45) is 3.81. The zero-order valence-corrected chi connectivity index (χ0v) is 11.3. The van der Waals surface area contributed by atoms with Crippen LogP contribution in [0.15, 0.2) is 17.8 Å². The van der Waals surface area contributed by atoms with Crippen LogP contribution in [-0.2, 0) is 11.3 Å². The van der Waals surface area contributed by atoms with Crippen molar-refractivity contribution in [1.29, 1.82) is 0 Å². The summed E-state index contributed by atoms with van der Waals surface area (Å²) in [7, 11) is 0. The number of nitrogens with one attached hydrogen (secondary N) is 2. The Morgan fingerprint density at radius 3 is 2.83 bits per heavy atom. The molecule has 5 heteroatoms. The van der Waals surface area contributed by atoms with E-state index >= 15 is 0 Å². The molecule has 0 aliphatic heterocycles. The van der Waals surface area contributed by atoms with Gasteiger partial charge in [-0.15, -0.1) is 0 Å². The molecule has 0 radical (unpaired) electrons. The summed E-state index contributed by atoms with van der Waals surface area (Å²) in [5.41, 5.74) is 2.07. The van der Waals surface area contributed by atoms with Crippen LogP contribution in [0.1, 0.15) is 33.4 Å². The first kappa shape index (κ1) is 12.8. The van der Waals surface area contributed by atoms with E-state index in [1.165, 1.54) is 5.57 Å². The first-order valence-electron chi connectivity index (χ1n) is 6.20. The van der Waals surface area contributed by atoms with Crippen LogP contribution >= 0.6 is 0 Å². The van der Waals surface area contributed by atoms with Gasteiger partial charge >= 0.3 is 0 Å². The highest BCUT2D eigenvalue weighted by Gasteiger charge is 2.60. The molecule has 0 unspecified atom stereocenters.